The number of rotatable bonds is 4. The monoisotopic (exact) mass is 214 g/mol. The molecule has 3 nitrogen and oxygen atoms in total. The van der Waals surface area contributed by atoms with Crippen molar-refractivity contribution in [3.63, 3.8) is 0 Å². The fraction of sp³-hybridized carbons (Fsp3) is 1.00. The molecule has 0 aromatic carbocycles. The zero-order chi connectivity index (χ0) is 11.3. The van der Waals surface area contributed by atoms with Crippen LogP contribution in [0.25, 0.3) is 0 Å². The van der Waals surface area contributed by atoms with Gasteiger partial charge in [0.15, 0.2) is 0 Å². The minimum Gasteiger partial charge on any atom is -0.390 e. The molecule has 0 amide bonds. The first-order chi connectivity index (χ1) is 7.16. The molecule has 0 aliphatic carbocycles. The zero-order valence-corrected chi connectivity index (χ0v) is 10.2. The smallest absolute Gasteiger partial charge is 0.0700 e. The quantitative estimate of drug-likeness (QED) is 0.739. The highest BCUT2D eigenvalue weighted by atomic mass is 16.3. The largest absolute Gasteiger partial charge is 0.390 e. The molecule has 1 fully saturated rings. The van der Waals surface area contributed by atoms with Crippen LogP contribution < -0.4 is 5.73 Å². The van der Waals surface area contributed by atoms with Crippen molar-refractivity contribution in [3.8, 4) is 0 Å². The summed E-state index contributed by atoms with van der Waals surface area (Å²) in [6.07, 6.45) is 3.88. The molecule has 0 spiro atoms. The van der Waals surface area contributed by atoms with E-state index in [2.05, 4.69) is 18.7 Å². The minimum atomic E-state index is -0.507. The molecule has 3 heteroatoms. The number of likely N-dealkylation sites (tertiary alicyclic amines) is 1. The second kappa shape index (κ2) is 5.83. The average molecular weight is 214 g/mol. The lowest BCUT2D eigenvalue weighted by molar-refractivity contribution is -0.0293. The third-order valence-corrected chi connectivity index (χ3v) is 3.93. The van der Waals surface area contributed by atoms with Crippen molar-refractivity contribution in [1.29, 1.82) is 0 Å². The van der Waals surface area contributed by atoms with Crippen LogP contribution in [0.1, 0.15) is 39.5 Å². The van der Waals surface area contributed by atoms with Crippen LogP contribution in [0.3, 0.4) is 0 Å². The lowest BCUT2D eigenvalue weighted by Gasteiger charge is -2.34. The highest BCUT2D eigenvalue weighted by Crippen LogP contribution is 2.31. The van der Waals surface area contributed by atoms with Crippen molar-refractivity contribution in [2.24, 2.45) is 11.7 Å². The van der Waals surface area contributed by atoms with Crippen molar-refractivity contribution < 1.29 is 5.11 Å². The van der Waals surface area contributed by atoms with Crippen molar-refractivity contribution in [1.82, 2.24) is 4.90 Å². The van der Waals surface area contributed by atoms with Gasteiger partial charge in [0.25, 0.3) is 0 Å². The molecule has 0 saturated carbocycles. The fourth-order valence-corrected chi connectivity index (χ4v) is 2.69. The van der Waals surface area contributed by atoms with E-state index in [1.165, 1.54) is 0 Å². The Hall–Kier alpha value is -0.120. The summed E-state index contributed by atoms with van der Waals surface area (Å²) in [5, 5.41) is 10.6. The van der Waals surface area contributed by atoms with Gasteiger partial charge in [-0.1, -0.05) is 13.8 Å². The molecule has 1 rings (SSSR count). The second-order valence-corrected chi connectivity index (χ2v) is 4.73. The number of nitrogens with two attached hydrogens (primary N) is 1. The maximum Gasteiger partial charge on any atom is 0.0700 e. The van der Waals surface area contributed by atoms with Crippen LogP contribution in [0.4, 0.5) is 0 Å². The molecule has 1 aliphatic rings. The fourth-order valence-electron chi connectivity index (χ4n) is 2.69. The maximum atomic E-state index is 10.6. The van der Waals surface area contributed by atoms with Gasteiger partial charge in [0.2, 0.25) is 0 Å². The van der Waals surface area contributed by atoms with E-state index in [-0.39, 0.29) is 5.92 Å². The van der Waals surface area contributed by atoms with Crippen molar-refractivity contribution in [2.45, 2.75) is 45.1 Å². The standard InChI is InChI=1S/C12H26N2O/c1-3-11(10-13)12(15)6-5-8-14(4-2)9-7-12/h11,15H,3-10,13H2,1-2H3. The van der Waals surface area contributed by atoms with Crippen molar-refractivity contribution in [2.75, 3.05) is 26.2 Å². The predicted octanol–water partition coefficient (Wildman–Crippen LogP) is 1.21. The highest BCUT2D eigenvalue weighted by Gasteiger charge is 2.35. The van der Waals surface area contributed by atoms with E-state index in [0.717, 1.165) is 45.3 Å². The summed E-state index contributed by atoms with van der Waals surface area (Å²) in [7, 11) is 0. The van der Waals surface area contributed by atoms with Crippen molar-refractivity contribution >= 4 is 0 Å². The maximum absolute atomic E-state index is 10.6. The summed E-state index contributed by atoms with van der Waals surface area (Å²) in [5.74, 6) is 0.273. The molecular weight excluding hydrogens is 188 g/mol. The average Bonchev–Trinajstić information content (AvgIpc) is 2.42. The molecule has 90 valence electrons. The van der Waals surface area contributed by atoms with Crippen LogP contribution in [0.15, 0.2) is 0 Å². The van der Waals surface area contributed by atoms with Gasteiger partial charge in [-0.15, -0.1) is 0 Å². The summed E-state index contributed by atoms with van der Waals surface area (Å²) >= 11 is 0. The molecule has 1 saturated heterocycles. The normalized spacial score (nSPS) is 31.2. The summed E-state index contributed by atoms with van der Waals surface area (Å²) in [6, 6.07) is 0. The third kappa shape index (κ3) is 3.16. The van der Waals surface area contributed by atoms with E-state index >= 15 is 0 Å². The van der Waals surface area contributed by atoms with Crippen LogP contribution in [0.2, 0.25) is 0 Å². The lowest BCUT2D eigenvalue weighted by atomic mass is 9.80. The molecule has 2 atom stereocenters. The van der Waals surface area contributed by atoms with Gasteiger partial charge in [-0.25, -0.2) is 0 Å². The van der Waals surface area contributed by atoms with E-state index in [1.807, 2.05) is 0 Å². The minimum absolute atomic E-state index is 0.273. The van der Waals surface area contributed by atoms with Gasteiger partial charge < -0.3 is 15.7 Å². The Morgan fingerprint density at radius 2 is 2.07 bits per heavy atom. The van der Waals surface area contributed by atoms with E-state index in [9.17, 15) is 5.11 Å². The van der Waals surface area contributed by atoms with Crippen LogP contribution in [-0.2, 0) is 0 Å². The number of nitrogens with zero attached hydrogens (tertiary/aromatic N) is 1. The SMILES string of the molecule is CCC(CN)C1(O)CCCN(CC)CC1. The van der Waals surface area contributed by atoms with E-state index < -0.39 is 5.60 Å². The van der Waals surface area contributed by atoms with Gasteiger partial charge in [0.05, 0.1) is 5.60 Å². The zero-order valence-electron chi connectivity index (χ0n) is 10.2. The Morgan fingerprint density at radius 3 is 2.60 bits per heavy atom. The Morgan fingerprint density at radius 1 is 1.33 bits per heavy atom. The molecular formula is C12H26N2O. The molecule has 2 unspecified atom stereocenters. The van der Waals surface area contributed by atoms with Crippen LogP contribution >= 0.6 is 0 Å². The first kappa shape index (κ1) is 12.9. The number of hydrogen-bond donors (Lipinski definition) is 2. The first-order valence-corrected chi connectivity index (χ1v) is 6.31. The summed E-state index contributed by atoms with van der Waals surface area (Å²) < 4.78 is 0. The molecule has 0 aromatic rings. The summed E-state index contributed by atoms with van der Waals surface area (Å²) in [6.45, 7) is 8.15. The molecule has 1 heterocycles. The Kier molecular flexibility index (Phi) is 5.03. The first-order valence-electron chi connectivity index (χ1n) is 6.31. The van der Waals surface area contributed by atoms with E-state index in [0.29, 0.717) is 6.54 Å². The summed E-state index contributed by atoms with van der Waals surface area (Å²) in [4.78, 5) is 2.42. The molecule has 1 aliphatic heterocycles. The number of aliphatic hydroxyl groups is 1. The van der Waals surface area contributed by atoms with Gasteiger partial charge >= 0.3 is 0 Å². The van der Waals surface area contributed by atoms with Gasteiger partial charge in [0, 0.05) is 6.54 Å². The Bertz CT molecular complexity index is 182. The van der Waals surface area contributed by atoms with Crippen LogP contribution in [0, 0.1) is 5.92 Å². The molecule has 15 heavy (non-hydrogen) atoms. The third-order valence-electron chi connectivity index (χ3n) is 3.93. The van der Waals surface area contributed by atoms with Gasteiger partial charge in [-0.2, -0.15) is 0 Å². The molecule has 0 bridgehead atoms. The van der Waals surface area contributed by atoms with Crippen LogP contribution in [0.5, 0.6) is 0 Å². The lowest BCUT2D eigenvalue weighted by Crippen LogP contribution is -2.42. The van der Waals surface area contributed by atoms with Crippen LogP contribution in [-0.4, -0.2) is 41.8 Å². The Labute approximate surface area is 93.6 Å². The topological polar surface area (TPSA) is 49.5 Å². The molecule has 3 N–H and O–H groups in total. The number of hydrogen-bond acceptors (Lipinski definition) is 3. The second-order valence-electron chi connectivity index (χ2n) is 4.73. The predicted molar refractivity (Wildman–Crippen MR) is 63.8 cm³/mol. The Balaban J connectivity index is 2.60. The van der Waals surface area contributed by atoms with Gasteiger partial charge in [0.1, 0.15) is 0 Å². The summed E-state index contributed by atoms with van der Waals surface area (Å²) in [5.41, 5.74) is 5.24. The molecule has 0 radical (unpaired) electrons. The molecule has 0 aromatic heterocycles. The van der Waals surface area contributed by atoms with Crippen molar-refractivity contribution in [3.05, 3.63) is 0 Å². The van der Waals surface area contributed by atoms with Gasteiger partial charge in [-0.05, 0) is 51.2 Å². The van der Waals surface area contributed by atoms with E-state index in [1.54, 1.807) is 0 Å². The van der Waals surface area contributed by atoms with E-state index in [4.69, 9.17) is 5.73 Å². The highest BCUT2D eigenvalue weighted by molar-refractivity contribution is 4.89. The van der Waals surface area contributed by atoms with Gasteiger partial charge in [-0.3, -0.25) is 0 Å².